The zero-order valence-corrected chi connectivity index (χ0v) is 24.7. The number of hydrogen-bond acceptors (Lipinski definition) is 5. The fourth-order valence-electron chi connectivity index (χ4n) is 4.07. The summed E-state index contributed by atoms with van der Waals surface area (Å²) in [5.41, 5.74) is 3.73. The van der Waals surface area contributed by atoms with Crippen LogP contribution in [-0.4, -0.2) is 51.3 Å². The summed E-state index contributed by atoms with van der Waals surface area (Å²) < 4.78 is 0. The number of nitrogens with zero attached hydrogens (tertiary/aromatic N) is 3. The Bertz CT molecular complexity index is 962. The number of carbonyl (C=O) groups excluding carboxylic acids is 2. The molecule has 0 aromatic heterocycles. The van der Waals surface area contributed by atoms with Gasteiger partial charge in [0, 0.05) is 45.0 Å². The molecule has 0 unspecified atom stereocenters. The van der Waals surface area contributed by atoms with Gasteiger partial charge in [0.25, 0.3) is 0 Å². The number of carbonyl (C=O) groups is 2. The van der Waals surface area contributed by atoms with Crippen LogP contribution in [0.5, 0.6) is 0 Å². The summed E-state index contributed by atoms with van der Waals surface area (Å²) in [5.74, 6) is 0. The van der Waals surface area contributed by atoms with Crippen LogP contribution in [0.25, 0.3) is 0 Å². The summed E-state index contributed by atoms with van der Waals surface area (Å²) in [6.07, 6.45) is 8.97. The number of rotatable bonds is 19. The molecule has 0 spiro atoms. The molecule has 9 nitrogen and oxygen atoms in total. The predicted molar refractivity (Wildman–Crippen MR) is 165 cm³/mol. The van der Waals surface area contributed by atoms with Gasteiger partial charge in [-0.05, 0) is 56.2 Å². The van der Waals surface area contributed by atoms with Gasteiger partial charge in [0.15, 0.2) is 0 Å². The van der Waals surface area contributed by atoms with Gasteiger partial charge in [0.1, 0.15) is 0 Å². The van der Waals surface area contributed by atoms with E-state index >= 15 is 0 Å². The zero-order valence-electron chi connectivity index (χ0n) is 24.7. The van der Waals surface area contributed by atoms with E-state index in [9.17, 15) is 9.59 Å². The molecule has 2 aromatic rings. The maximum atomic E-state index is 12.2. The van der Waals surface area contributed by atoms with Crippen molar-refractivity contribution in [3.63, 3.8) is 0 Å². The van der Waals surface area contributed by atoms with Crippen molar-refractivity contribution in [3.8, 4) is 0 Å². The van der Waals surface area contributed by atoms with E-state index in [1.165, 1.54) is 31.2 Å². The zero-order chi connectivity index (χ0) is 28.8. The van der Waals surface area contributed by atoms with E-state index in [1.807, 2.05) is 55.5 Å². The number of hydrogen-bond donors (Lipinski definition) is 4. The highest BCUT2D eigenvalue weighted by Gasteiger charge is 2.09. The molecule has 0 aliphatic rings. The standard InChI is InChI=1S/C31H49N7O2/c1-4-6-8-10-20-32-30(39)34-22-24-38(25-23-35-31(40)33-21-11-9-7-5-2)29-18-16-28(17-19-29)37-36-27-14-12-26(3)13-15-27/h12-19H,4-11,20-25H2,1-3H3,(H2,32,34,39)(H2,33,35,40). The summed E-state index contributed by atoms with van der Waals surface area (Å²) in [4.78, 5) is 26.5. The largest absolute Gasteiger partial charge is 0.368 e. The van der Waals surface area contributed by atoms with Gasteiger partial charge in [0.05, 0.1) is 11.4 Å². The van der Waals surface area contributed by atoms with Crippen molar-refractivity contribution in [2.24, 2.45) is 10.2 Å². The van der Waals surface area contributed by atoms with E-state index < -0.39 is 0 Å². The molecule has 220 valence electrons. The third-order valence-corrected chi connectivity index (χ3v) is 6.50. The van der Waals surface area contributed by atoms with Gasteiger partial charge in [-0.15, -0.1) is 0 Å². The topological polar surface area (TPSA) is 110 Å². The average molecular weight is 552 g/mol. The minimum Gasteiger partial charge on any atom is -0.368 e. The Labute approximate surface area is 240 Å². The number of amides is 4. The third-order valence-electron chi connectivity index (χ3n) is 6.50. The summed E-state index contributed by atoms with van der Waals surface area (Å²) in [7, 11) is 0. The van der Waals surface area contributed by atoms with E-state index in [1.54, 1.807) is 0 Å². The minimum atomic E-state index is -0.149. The van der Waals surface area contributed by atoms with Gasteiger partial charge in [-0.3, -0.25) is 0 Å². The average Bonchev–Trinajstić information content (AvgIpc) is 2.96. The molecule has 40 heavy (non-hydrogen) atoms. The van der Waals surface area contributed by atoms with Crippen LogP contribution in [0.1, 0.15) is 70.8 Å². The van der Waals surface area contributed by atoms with Gasteiger partial charge in [-0.2, -0.15) is 10.2 Å². The van der Waals surface area contributed by atoms with Gasteiger partial charge >= 0.3 is 12.1 Å². The maximum Gasteiger partial charge on any atom is 0.314 e. The first-order valence-electron chi connectivity index (χ1n) is 14.9. The molecule has 2 rings (SSSR count). The molecule has 0 aliphatic carbocycles. The Morgan fingerprint density at radius 1 is 0.600 bits per heavy atom. The highest BCUT2D eigenvalue weighted by Crippen LogP contribution is 2.22. The lowest BCUT2D eigenvalue weighted by atomic mass is 10.2. The number of benzene rings is 2. The Morgan fingerprint density at radius 2 is 1.02 bits per heavy atom. The summed E-state index contributed by atoms with van der Waals surface area (Å²) in [6, 6.07) is 15.4. The van der Waals surface area contributed by atoms with Crippen LogP contribution in [-0.2, 0) is 0 Å². The second-order valence-electron chi connectivity index (χ2n) is 10.0. The van der Waals surface area contributed by atoms with Crippen molar-refractivity contribution >= 4 is 29.1 Å². The van der Waals surface area contributed by atoms with Crippen molar-refractivity contribution in [1.29, 1.82) is 0 Å². The first-order chi connectivity index (χ1) is 19.5. The second-order valence-corrected chi connectivity index (χ2v) is 10.0. The quantitative estimate of drug-likeness (QED) is 0.112. The molecule has 2 aromatic carbocycles. The first kappa shape index (κ1) is 32.6. The van der Waals surface area contributed by atoms with Crippen molar-refractivity contribution < 1.29 is 9.59 Å². The SMILES string of the molecule is CCCCCCNC(=O)NCCN(CCNC(=O)NCCCCCC)c1ccc(N=Nc2ccc(C)cc2)cc1. The molecule has 0 atom stereocenters. The molecule has 0 bridgehead atoms. The molecular formula is C31H49N7O2. The fraction of sp³-hybridized carbons (Fsp3) is 0.548. The van der Waals surface area contributed by atoms with Gasteiger partial charge in [-0.1, -0.05) is 70.1 Å². The molecule has 0 heterocycles. The highest BCUT2D eigenvalue weighted by molar-refractivity contribution is 5.74. The van der Waals surface area contributed by atoms with Crippen LogP contribution in [0.15, 0.2) is 58.8 Å². The van der Waals surface area contributed by atoms with Gasteiger partial charge in [-0.25, -0.2) is 9.59 Å². The molecule has 0 saturated carbocycles. The van der Waals surface area contributed by atoms with Crippen molar-refractivity contribution in [2.75, 3.05) is 44.2 Å². The normalized spacial score (nSPS) is 10.9. The van der Waals surface area contributed by atoms with E-state index in [4.69, 9.17) is 0 Å². The lowest BCUT2D eigenvalue weighted by molar-refractivity contribution is 0.240. The van der Waals surface area contributed by atoms with E-state index in [-0.39, 0.29) is 12.1 Å². The molecule has 0 fully saturated rings. The summed E-state index contributed by atoms with van der Waals surface area (Å²) in [6.45, 7) is 9.94. The van der Waals surface area contributed by atoms with Crippen LogP contribution >= 0.6 is 0 Å². The number of unbranched alkanes of at least 4 members (excludes halogenated alkanes) is 6. The Hall–Kier alpha value is -3.62. The van der Waals surface area contributed by atoms with E-state index in [0.29, 0.717) is 39.3 Å². The van der Waals surface area contributed by atoms with Crippen molar-refractivity contribution in [1.82, 2.24) is 21.3 Å². The first-order valence-corrected chi connectivity index (χ1v) is 14.9. The number of urea groups is 2. The molecular weight excluding hydrogens is 502 g/mol. The van der Waals surface area contributed by atoms with Crippen LogP contribution in [0, 0.1) is 6.92 Å². The van der Waals surface area contributed by atoms with Gasteiger partial charge in [0.2, 0.25) is 0 Å². The van der Waals surface area contributed by atoms with E-state index in [0.717, 1.165) is 42.7 Å². The lowest BCUT2D eigenvalue weighted by Gasteiger charge is -2.25. The number of nitrogens with one attached hydrogen (secondary N) is 4. The Kier molecular flexibility index (Phi) is 16.5. The smallest absolute Gasteiger partial charge is 0.314 e. The minimum absolute atomic E-state index is 0.149. The number of anilines is 1. The van der Waals surface area contributed by atoms with Crippen molar-refractivity contribution in [2.45, 2.75) is 72.1 Å². The van der Waals surface area contributed by atoms with E-state index in [2.05, 4.69) is 50.2 Å². The molecule has 4 N–H and O–H groups in total. The monoisotopic (exact) mass is 551 g/mol. The second kappa shape index (κ2) is 20.3. The molecule has 0 saturated heterocycles. The molecule has 9 heteroatoms. The van der Waals surface area contributed by atoms with Crippen LogP contribution in [0.2, 0.25) is 0 Å². The van der Waals surface area contributed by atoms with Crippen LogP contribution < -0.4 is 26.2 Å². The highest BCUT2D eigenvalue weighted by atomic mass is 16.2. The van der Waals surface area contributed by atoms with Crippen LogP contribution in [0.3, 0.4) is 0 Å². The Morgan fingerprint density at radius 3 is 1.48 bits per heavy atom. The van der Waals surface area contributed by atoms with Crippen molar-refractivity contribution in [3.05, 3.63) is 54.1 Å². The maximum absolute atomic E-state index is 12.2. The molecule has 0 radical (unpaired) electrons. The third kappa shape index (κ3) is 14.5. The number of azo groups is 1. The van der Waals surface area contributed by atoms with Gasteiger partial charge < -0.3 is 26.2 Å². The Balaban J connectivity index is 1.88. The number of aryl methyl sites for hydroxylation is 1. The van der Waals surface area contributed by atoms with Crippen LogP contribution in [0.4, 0.5) is 26.7 Å². The fourth-order valence-corrected chi connectivity index (χ4v) is 4.07. The predicted octanol–water partition coefficient (Wildman–Crippen LogP) is 6.98. The molecule has 4 amide bonds. The lowest BCUT2D eigenvalue weighted by Crippen LogP contribution is -2.44. The summed E-state index contributed by atoms with van der Waals surface area (Å²) >= 11 is 0. The molecule has 0 aliphatic heterocycles. The summed E-state index contributed by atoms with van der Waals surface area (Å²) in [5, 5.41) is 20.4.